The van der Waals surface area contributed by atoms with E-state index in [0.29, 0.717) is 18.4 Å². The second-order valence-corrected chi connectivity index (χ2v) is 8.16. The third kappa shape index (κ3) is 5.00. The van der Waals surface area contributed by atoms with E-state index in [1.54, 1.807) is 0 Å². The highest BCUT2D eigenvalue weighted by molar-refractivity contribution is 5.74. The number of nitrogens with one attached hydrogen (secondary N) is 2. The Labute approximate surface area is 146 Å². The molecule has 1 aliphatic heterocycles. The molecule has 1 saturated heterocycles. The van der Waals surface area contributed by atoms with E-state index in [-0.39, 0.29) is 17.6 Å². The Bertz CT molecular complexity index is 543. The fourth-order valence-corrected chi connectivity index (χ4v) is 3.57. The minimum Gasteiger partial charge on any atom is -0.464 e. The normalized spacial score (nSPS) is 23.8. The van der Waals surface area contributed by atoms with Crippen LogP contribution in [0, 0.1) is 18.8 Å². The average molecular weight is 335 g/mol. The maximum atomic E-state index is 12.2. The Kier molecular flexibility index (Phi) is 5.97. The molecule has 0 bridgehead atoms. The van der Waals surface area contributed by atoms with Gasteiger partial charge in [0.05, 0.1) is 6.04 Å². The van der Waals surface area contributed by atoms with Gasteiger partial charge in [-0.1, -0.05) is 13.8 Å². The molecule has 2 heterocycles. The Morgan fingerprint density at radius 3 is 2.50 bits per heavy atom. The number of rotatable bonds is 5. The van der Waals surface area contributed by atoms with Crippen LogP contribution in [0.5, 0.6) is 0 Å². The first-order valence-corrected chi connectivity index (χ1v) is 9.03. The number of carbonyl (C=O) groups excluding carboxylic acids is 1. The summed E-state index contributed by atoms with van der Waals surface area (Å²) in [5.74, 6) is 3.06. The highest BCUT2D eigenvalue weighted by Crippen LogP contribution is 2.26. The van der Waals surface area contributed by atoms with E-state index in [9.17, 15) is 4.79 Å². The third-order valence-corrected chi connectivity index (χ3v) is 4.94. The van der Waals surface area contributed by atoms with Gasteiger partial charge in [-0.15, -0.1) is 0 Å². The van der Waals surface area contributed by atoms with Gasteiger partial charge >= 0.3 is 6.03 Å². The van der Waals surface area contributed by atoms with Gasteiger partial charge in [-0.3, -0.25) is 4.90 Å². The predicted molar refractivity (Wildman–Crippen MR) is 97.0 cm³/mol. The summed E-state index contributed by atoms with van der Waals surface area (Å²) < 4.78 is 5.56. The van der Waals surface area contributed by atoms with Crippen LogP contribution in [0.25, 0.3) is 0 Å². The van der Waals surface area contributed by atoms with Crippen molar-refractivity contribution in [1.29, 1.82) is 0 Å². The van der Waals surface area contributed by atoms with Gasteiger partial charge in [0.15, 0.2) is 0 Å². The largest absolute Gasteiger partial charge is 0.464 e. The molecule has 0 spiro atoms. The van der Waals surface area contributed by atoms with Crippen LogP contribution in [0.1, 0.15) is 58.6 Å². The van der Waals surface area contributed by atoms with Crippen LogP contribution in [-0.4, -0.2) is 36.1 Å². The molecule has 0 saturated carbocycles. The summed E-state index contributed by atoms with van der Waals surface area (Å²) in [5, 5.41) is 5.96. The lowest BCUT2D eigenvalue weighted by Crippen LogP contribution is -2.57. The average Bonchev–Trinajstić information content (AvgIpc) is 2.91. The molecule has 136 valence electrons. The molecular weight excluding hydrogens is 302 g/mol. The van der Waals surface area contributed by atoms with Gasteiger partial charge in [0.1, 0.15) is 11.5 Å². The topological polar surface area (TPSA) is 57.5 Å². The molecule has 3 unspecified atom stereocenters. The SMILES string of the molecule is Cc1ccc(C(C)NC(=O)NCC(C)(C)N2CC(C)CC(C)C2)o1. The summed E-state index contributed by atoms with van der Waals surface area (Å²) in [5.41, 5.74) is -0.0508. The first kappa shape index (κ1) is 18.8. The van der Waals surface area contributed by atoms with E-state index in [1.807, 2.05) is 26.0 Å². The molecule has 24 heavy (non-hydrogen) atoms. The minimum absolute atomic E-state index is 0.0508. The number of hydrogen-bond donors (Lipinski definition) is 2. The van der Waals surface area contributed by atoms with Crippen molar-refractivity contribution in [3.8, 4) is 0 Å². The van der Waals surface area contributed by atoms with Crippen molar-refractivity contribution in [3.63, 3.8) is 0 Å². The lowest BCUT2D eigenvalue weighted by Gasteiger charge is -2.45. The van der Waals surface area contributed by atoms with Crippen molar-refractivity contribution in [3.05, 3.63) is 23.7 Å². The van der Waals surface area contributed by atoms with Crippen LogP contribution in [-0.2, 0) is 0 Å². The summed E-state index contributed by atoms with van der Waals surface area (Å²) in [7, 11) is 0. The van der Waals surface area contributed by atoms with Gasteiger partial charge in [0, 0.05) is 25.2 Å². The fraction of sp³-hybridized carbons (Fsp3) is 0.737. The number of urea groups is 1. The van der Waals surface area contributed by atoms with Crippen LogP contribution in [0.4, 0.5) is 4.79 Å². The molecule has 0 radical (unpaired) electrons. The van der Waals surface area contributed by atoms with Crippen molar-refractivity contribution in [1.82, 2.24) is 15.5 Å². The van der Waals surface area contributed by atoms with E-state index in [1.165, 1.54) is 6.42 Å². The van der Waals surface area contributed by atoms with Gasteiger partial charge in [-0.25, -0.2) is 4.79 Å². The van der Waals surface area contributed by atoms with Crippen LogP contribution in [0.2, 0.25) is 0 Å². The molecular formula is C19H33N3O2. The number of amides is 2. The summed E-state index contributed by atoms with van der Waals surface area (Å²) >= 11 is 0. The van der Waals surface area contributed by atoms with E-state index in [4.69, 9.17) is 4.42 Å². The van der Waals surface area contributed by atoms with E-state index >= 15 is 0 Å². The Morgan fingerprint density at radius 1 is 1.33 bits per heavy atom. The van der Waals surface area contributed by atoms with Crippen LogP contribution >= 0.6 is 0 Å². The standard InChI is InChI=1S/C19H33N3O2/c1-13-9-14(2)11-22(10-13)19(5,6)12-20-18(23)21-16(4)17-8-7-15(3)24-17/h7-8,13-14,16H,9-12H2,1-6H3,(H2,20,21,23). The quantitative estimate of drug-likeness (QED) is 0.862. The number of piperidine rings is 1. The number of carbonyl (C=O) groups is 1. The van der Waals surface area contributed by atoms with Gasteiger partial charge in [-0.05, 0) is 58.1 Å². The zero-order valence-corrected chi connectivity index (χ0v) is 16.0. The Morgan fingerprint density at radius 2 is 1.96 bits per heavy atom. The number of hydrogen-bond acceptors (Lipinski definition) is 3. The molecule has 0 aliphatic carbocycles. The first-order valence-electron chi connectivity index (χ1n) is 9.03. The minimum atomic E-state index is -0.150. The molecule has 1 fully saturated rings. The number of nitrogens with zero attached hydrogens (tertiary/aromatic N) is 1. The van der Waals surface area contributed by atoms with Crippen molar-refractivity contribution in [2.24, 2.45) is 11.8 Å². The molecule has 5 heteroatoms. The van der Waals surface area contributed by atoms with Crippen molar-refractivity contribution < 1.29 is 9.21 Å². The van der Waals surface area contributed by atoms with Crippen molar-refractivity contribution in [2.75, 3.05) is 19.6 Å². The number of furan rings is 1. The van der Waals surface area contributed by atoms with Crippen LogP contribution in [0.3, 0.4) is 0 Å². The lowest BCUT2D eigenvalue weighted by molar-refractivity contribution is 0.0472. The molecule has 2 rings (SSSR count). The molecule has 1 aromatic heterocycles. The van der Waals surface area contributed by atoms with Gasteiger partial charge in [-0.2, -0.15) is 0 Å². The molecule has 5 nitrogen and oxygen atoms in total. The number of aryl methyl sites for hydroxylation is 1. The summed E-state index contributed by atoms with van der Waals surface area (Å²) in [4.78, 5) is 14.7. The zero-order valence-electron chi connectivity index (χ0n) is 16.0. The number of likely N-dealkylation sites (tertiary alicyclic amines) is 1. The van der Waals surface area contributed by atoms with E-state index in [2.05, 4.69) is 43.2 Å². The molecule has 1 aliphatic rings. The lowest BCUT2D eigenvalue weighted by atomic mass is 9.88. The molecule has 2 N–H and O–H groups in total. The Hall–Kier alpha value is -1.49. The smallest absolute Gasteiger partial charge is 0.315 e. The predicted octanol–water partition coefficient (Wildman–Crippen LogP) is 3.70. The molecule has 1 aromatic rings. The first-order chi connectivity index (χ1) is 11.2. The summed E-state index contributed by atoms with van der Waals surface area (Å²) in [6.45, 7) is 15.7. The third-order valence-electron chi connectivity index (χ3n) is 4.94. The second-order valence-electron chi connectivity index (χ2n) is 8.16. The van der Waals surface area contributed by atoms with Crippen LogP contribution in [0.15, 0.2) is 16.5 Å². The monoisotopic (exact) mass is 335 g/mol. The van der Waals surface area contributed by atoms with Crippen molar-refractivity contribution in [2.45, 2.75) is 59.5 Å². The Balaban J connectivity index is 1.83. The van der Waals surface area contributed by atoms with Crippen LogP contribution < -0.4 is 10.6 Å². The highest BCUT2D eigenvalue weighted by atomic mass is 16.3. The highest BCUT2D eigenvalue weighted by Gasteiger charge is 2.33. The van der Waals surface area contributed by atoms with Gasteiger partial charge in [0.2, 0.25) is 0 Å². The molecule has 2 amide bonds. The summed E-state index contributed by atoms with van der Waals surface area (Å²) in [6, 6.07) is 3.52. The second kappa shape index (κ2) is 7.60. The van der Waals surface area contributed by atoms with Crippen molar-refractivity contribution >= 4 is 6.03 Å². The maximum absolute atomic E-state index is 12.2. The van der Waals surface area contributed by atoms with Gasteiger partial charge in [0.25, 0.3) is 0 Å². The maximum Gasteiger partial charge on any atom is 0.315 e. The zero-order chi connectivity index (χ0) is 17.9. The fourth-order valence-electron chi connectivity index (χ4n) is 3.57. The van der Waals surface area contributed by atoms with E-state index < -0.39 is 0 Å². The van der Waals surface area contributed by atoms with E-state index in [0.717, 1.165) is 24.6 Å². The molecule has 0 aromatic carbocycles. The summed E-state index contributed by atoms with van der Waals surface area (Å²) in [6.07, 6.45) is 1.29. The van der Waals surface area contributed by atoms with Gasteiger partial charge < -0.3 is 15.1 Å². The molecule has 3 atom stereocenters.